The van der Waals surface area contributed by atoms with Crippen molar-refractivity contribution in [2.24, 2.45) is 17.4 Å². The number of benzene rings is 2. The number of carbonyl (C=O) groups excluding carboxylic acids is 1. The molecule has 3 rings (SSSR count). The molecule has 0 radical (unpaired) electrons. The summed E-state index contributed by atoms with van der Waals surface area (Å²) in [5, 5.41) is 0. The van der Waals surface area contributed by atoms with Crippen LogP contribution in [0.3, 0.4) is 0 Å². The molecule has 1 aliphatic rings. The summed E-state index contributed by atoms with van der Waals surface area (Å²) in [6.45, 7) is 0.382. The van der Waals surface area contributed by atoms with Crippen molar-refractivity contribution in [2.75, 3.05) is 13.7 Å². The molecule has 0 saturated heterocycles. The van der Waals surface area contributed by atoms with Gasteiger partial charge in [0, 0.05) is 17.5 Å². The number of esters is 1. The maximum absolute atomic E-state index is 11.9. The fraction of sp³-hybridized carbons (Fsp3) is 0.240. The van der Waals surface area contributed by atoms with Crippen molar-refractivity contribution >= 4 is 12.0 Å². The average Bonchev–Trinajstić information content (AvgIpc) is 2.75. The molecule has 0 amide bonds. The molecule has 1 atom stereocenters. The molecular weight excluding hydrogens is 376 g/mol. The lowest BCUT2D eigenvalue weighted by Crippen LogP contribution is -2.14. The number of methoxy groups -OCH3 is 1. The van der Waals surface area contributed by atoms with Crippen LogP contribution in [0.5, 0.6) is 5.75 Å². The number of allylic oxidation sites excluding steroid dienone is 3. The minimum atomic E-state index is -0.340. The number of rotatable bonds is 8. The van der Waals surface area contributed by atoms with Gasteiger partial charge in [0.1, 0.15) is 5.75 Å². The molecule has 0 heterocycles. The second-order valence-electron chi connectivity index (χ2n) is 7.34. The molecule has 1 aliphatic carbocycles. The molecule has 30 heavy (non-hydrogen) atoms. The summed E-state index contributed by atoms with van der Waals surface area (Å²) >= 11 is 0. The Morgan fingerprint density at radius 3 is 2.37 bits per heavy atom. The summed E-state index contributed by atoms with van der Waals surface area (Å²) in [5.74, 6) is 0.804. The van der Waals surface area contributed by atoms with E-state index in [1.54, 1.807) is 19.3 Å². The molecule has 1 unspecified atom stereocenters. The second kappa shape index (κ2) is 10.3. The highest BCUT2D eigenvalue weighted by Crippen LogP contribution is 2.23. The Bertz CT molecular complexity index is 941. The Hall–Kier alpha value is -3.47. The molecule has 5 heteroatoms. The molecule has 156 valence electrons. The van der Waals surface area contributed by atoms with Gasteiger partial charge in [-0.2, -0.15) is 0 Å². The Morgan fingerprint density at radius 2 is 1.73 bits per heavy atom. The van der Waals surface area contributed by atoms with Gasteiger partial charge < -0.3 is 20.9 Å². The number of hydrogen-bond acceptors (Lipinski definition) is 5. The molecule has 4 N–H and O–H groups in total. The summed E-state index contributed by atoms with van der Waals surface area (Å²) < 4.78 is 10.5. The fourth-order valence-electron chi connectivity index (χ4n) is 3.44. The van der Waals surface area contributed by atoms with E-state index >= 15 is 0 Å². The van der Waals surface area contributed by atoms with E-state index in [-0.39, 0.29) is 5.97 Å². The van der Waals surface area contributed by atoms with Crippen LogP contribution >= 0.6 is 0 Å². The highest BCUT2D eigenvalue weighted by atomic mass is 16.5. The Kier molecular flexibility index (Phi) is 7.33. The summed E-state index contributed by atoms with van der Waals surface area (Å²) in [6, 6.07) is 15.9. The maximum atomic E-state index is 11.9. The molecule has 0 aromatic heterocycles. The van der Waals surface area contributed by atoms with Crippen molar-refractivity contribution in [2.45, 2.75) is 19.3 Å². The zero-order valence-corrected chi connectivity index (χ0v) is 17.2. The third kappa shape index (κ3) is 6.27. The number of hydrogen-bond donors (Lipinski definition) is 2. The quantitative estimate of drug-likeness (QED) is 0.387. The van der Waals surface area contributed by atoms with Crippen molar-refractivity contribution < 1.29 is 14.3 Å². The summed E-state index contributed by atoms with van der Waals surface area (Å²) in [4.78, 5) is 11.9. The minimum absolute atomic E-state index is 0.313. The van der Waals surface area contributed by atoms with Crippen molar-refractivity contribution in [1.29, 1.82) is 0 Å². The first-order valence-corrected chi connectivity index (χ1v) is 10.1. The van der Waals surface area contributed by atoms with Gasteiger partial charge in [0.05, 0.1) is 13.7 Å². The van der Waals surface area contributed by atoms with Crippen molar-refractivity contribution in [3.8, 4) is 16.9 Å². The fourth-order valence-corrected chi connectivity index (χ4v) is 3.44. The van der Waals surface area contributed by atoms with E-state index in [2.05, 4.69) is 0 Å². The lowest BCUT2D eigenvalue weighted by Gasteiger charge is -2.17. The van der Waals surface area contributed by atoms with Gasteiger partial charge in [0.15, 0.2) is 0 Å². The van der Waals surface area contributed by atoms with Crippen LogP contribution in [-0.4, -0.2) is 19.7 Å². The second-order valence-corrected chi connectivity index (χ2v) is 7.34. The molecule has 5 nitrogen and oxygen atoms in total. The molecule has 0 fully saturated rings. The normalized spacial score (nSPS) is 16.1. The Morgan fingerprint density at radius 1 is 1.07 bits per heavy atom. The van der Waals surface area contributed by atoms with E-state index in [0.717, 1.165) is 47.4 Å². The topological polar surface area (TPSA) is 87.6 Å². The highest BCUT2D eigenvalue weighted by molar-refractivity contribution is 5.87. The van der Waals surface area contributed by atoms with Crippen LogP contribution in [0.25, 0.3) is 17.2 Å². The van der Waals surface area contributed by atoms with E-state index in [1.807, 2.05) is 54.6 Å². The summed E-state index contributed by atoms with van der Waals surface area (Å²) in [6.07, 6.45) is 9.51. The maximum Gasteiger partial charge on any atom is 0.330 e. The molecule has 0 saturated carbocycles. The highest BCUT2D eigenvalue weighted by Gasteiger charge is 2.12. The van der Waals surface area contributed by atoms with Crippen molar-refractivity contribution in [3.63, 3.8) is 0 Å². The summed E-state index contributed by atoms with van der Waals surface area (Å²) in [7, 11) is 1.65. The third-order valence-electron chi connectivity index (χ3n) is 4.99. The first kappa shape index (κ1) is 21.2. The van der Waals surface area contributed by atoms with Gasteiger partial charge >= 0.3 is 5.97 Å². The summed E-state index contributed by atoms with van der Waals surface area (Å²) in [5.41, 5.74) is 16.3. The largest absolute Gasteiger partial charge is 0.497 e. The Balaban J connectivity index is 1.42. The lowest BCUT2D eigenvalue weighted by atomic mass is 9.93. The predicted molar refractivity (Wildman–Crippen MR) is 120 cm³/mol. The predicted octanol–water partition coefficient (Wildman–Crippen LogP) is 4.40. The van der Waals surface area contributed by atoms with E-state index in [1.165, 1.54) is 6.08 Å². The van der Waals surface area contributed by atoms with Gasteiger partial charge in [-0.05, 0) is 66.2 Å². The third-order valence-corrected chi connectivity index (χ3v) is 4.99. The first-order chi connectivity index (χ1) is 14.5. The van der Waals surface area contributed by atoms with E-state index in [4.69, 9.17) is 20.9 Å². The van der Waals surface area contributed by atoms with Crippen LogP contribution in [0.4, 0.5) is 0 Å². The van der Waals surface area contributed by atoms with E-state index in [0.29, 0.717) is 18.2 Å². The van der Waals surface area contributed by atoms with Crippen LogP contribution in [0.1, 0.15) is 24.8 Å². The Labute approximate surface area is 177 Å². The monoisotopic (exact) mass is 404 g/mol. The average molecular weight is 405 g/mol. The van der Waals surface area contributed by atoms with Crippen molar-refractivity contribution in [1.82, 2.24) is 0 Å². The van der Waals surface area contributed by atoms with Gasteiger partial charge in [0.2, 0.25) is 0 Å². The molecule has 0 spiro atoms. The van der Waals surface area contributed by atoms with Crippen LogP contribution in [0.2, 0.25) is 0 Å². The van der Waals surface area contributed by atoms with Gasteiger partial charge in [-0.3, -0.25) is 0 Å². The molecule has 0 aliphatic heterocycles. The SMILES string of the molecule is COc1ccc(-c2ccc(/C=C/C(=O)OCCCC3C=C(N)C=C(N)C3)cc2)cc1. The van der Waals surface area contributed by atoms with Crippen LogP contribution in [0.15, 0.2) is 78.2 Å². The van der Waals surface area contributed by atoms with Crippen LogP contribution in [-0.2, 0) is 9.53 Å². The van der Waals surface area contributed by atoms with Crippen molar-refractivity contribution in [3.05, 3.63) is 83.7 Å². The lowest BCUT2D eigenvalue weighted by molar-refractivity contribution is -0.137. The van der Waals surface area contributed by atoms with E-state index in [9.17, 15) is 4.79 Å². The molecular formula is C25H28N2O3. The van der Waals surface area contributed by atoms with Gasteiger partial charge in [-0.15, -0.1) is 0 Å². The van der Waals surface area contributed by atoms with Crippen LogP contribution in [0, 0.1) is 5.92 Å². The molecule has 0 bridgehead atoms. The van der Waals surface area contributed by atoms with Gasteiger partial charge in [-0.1, -0.05) is 42.5 Å². The van der Waals surface area contributed by atoms with Gasteiger partial charge in [0.25, 0.3) is 0 Å². The van der Waals surface area contributed by atoms with Gasteiger partial charge in [-0.25, -0.2) is 4.79 Å². The standard InChI is InChI=1S/C25H28N2O3/c1-29-24-11-9-21(10-12-24)20-7-4-18(5-8-20)6-13-25(28)30-14-2-3-19-15-22(26)17-23(27)16-19/h4-13,15,17,19H,2-3,14,16,26-27H2,1H3/b13-6+. The molecule has 2 aromatic carbocycles. The number of ether oxygens (including phenoxy) is 2. The zero-order chi connectivity index (χ0) is 21.3. The minimum Gasteiger partial charge on any atom is -0.497 e. The zero-order valence-electron chi connectivity index (χ0n) is 17.2. The first-order valence-electron chi connectivity index (χ1n) is 10.1. The van der Waals surface area contributed by atoms with E-state index < -0.39 is 0 Å². The molecule has 2 aromatic rings. The smallest absolute Gasteiger partial charge is 0.330 e. The number of carbonyl (C=O) groups is 1. The van der Waals surface area contributed by atoms with Crippen LogP contribution < -0.4 is 16.2 Å². The number of nitrogens with two attached hydrogens (primary N) is 2.